The van der Waals surface area contributed by atoms with Crippen LogP contribution in [0.2, 0.25) is 0 Å². The molecule has 1 amide bonds. The maximum Gasteiger partial charge on any atom is 0.231 e. The van der Waals surface area contributed by atoms with Crippen molar-refractivity contribution < 1.29 is 13.9 Å². The van der Waals surface area contributed by atoms with E-state index in [1.165, 1.54) is 0 Å². The Bertz CT molecular complexity index is 653. The lowest BCUT2D eigenvalue weighted by Gasteiger charge is -2.16. The first-order valence-corrected chi connectivity index (χ1v) is 7.16. The lowest BCUT2D eigenvalue weighted by atomic mass is 10.0. The summed E-state index contributed by atoms with van der Waals surface area (Å²) in [5.41, 5.74) is 2.23. The zero-order chi connectivity index (χ0) is 14.8. The van der Waals surface area contributed by atoms with Crippen LogP contribution >= 0.6 is 0 Å². The monoisotopic (exact) mass is 289 g/mol. The topological polar surface area (TPSA) is 76.4 Å². The Morgan fingerprint density at radius 3 is 3.05 bits per heavy atom. The number of nitrogens with zero attached hydrogens (tertiary/aromatic N) is 1. The van der Waals surface area contributed by atoms with E-state index in [-0.39, 0.29) is 17.9 Å². The molecule has 2 N–H and O–H groups in total. The van der Waals surface area contributed by atoms with Crippen molar-refractivity contribution >= 4 is 22.7 Å². The lowest BCUT2D eigenvalue weighted by molar-refractivity contribution is -0.120. The fraction of sp³-hybridized carbons (Fsp3) is 0.467. The number of amides is 1. The minimum Gasteiger partial charge on any atom is -0.441 e. The van der Waals surface area contributed by atoms with Crippen LogP contribution < -0.4 is 10.6 Å². The van der Waals surface area contributed by atoms with Crippen molar-refractivity contribution in [3.63, 3.8) is 0 Å². The lowest BCUT2D eigenvalue weighted by Crippen LogP contribution is -2.39. The summed E-state index contributed by atoms with van der Waals surface area (Å²) in [6.07, 6.45) is 0.750. The van der Waals surface area contributed by atoms with Crippen molar-refractivity contribution in [1.82, 2.24) is 10.3 Å². The second-order valence-corrected chi connectivity index (χ2v) is 5.17. The number of carbonyl (C=O) groups is 1. The number of anilines is 1. The van der Waals surface area contributed by atoms with Gasteiger partial charge >= 0.3 is 0 Å². The number of carbonyl (C=O) groups excluding carboxylic acids is 1. The Balaban J connectivity index is 1.76. The molecule has 3 rings (SSSR count). The Morgan fingerprint density at radius 2 is 2.29 bits per heavy atom. The third-order valence-corrected chi connectivity index (χ3v) is 3.79. The van der Waals surface area contributed by atoms with Gasteiger partial charge < -0.3 is 19.8 Å². The van der Waals surface area contributed by atoms with Gasteiger partial charge in [-0.15, -0.1) is 0 Å². The molecule has 2 heterocycles. The van der Waals surface area contributed by atoms with Gasteiger partial charge in [0.25, 0.3) is 0 Å². The Labute approximate surface area is 122 Å². The molecule has 2 unspecified atom stereocenters. The van der Waals surface area contributed by atoms with Crippen LogP contribution in [0.4, 0.5) is 5.69 Å². The average Bonchev–Trinajstić information content (AvgIpc) is 3.12. The molecular weight excluding hydrogens is 270 g/mol. The minimum atomic E-state index is -0.172. The average molecular weight is 289 g/mol. The highest BCUT2D eigenvalue weighted by atomic mass is 16.5. The van der Waals surface area contributed by atoms with Gasteiger partial charge in [-0.05, 0) is 25.2 Å². The molecule has 6 nitrogen and oxygen atoms in total. The predicted octanol–water partition coefficient (Wildman–Crippen LogP) is 1.56. The van der Waals surface area contributed by atoms with Crippen LogP contribution in [0, 0.1) is 5.92 Å². The van der Waals surface area contributed by atoms with Crippen LogP contribution in [0.15, 0.2) is 22.6 Å². The van der Waals surface area contributed by atoms with E-state index in [9.17, 15) is 4.79 Å². The number of benzene rings is 1. The molecule has 2 aromatic rings. The summed E-state index contributed by atoms with van der Waals surface area (Å²) >= 11 is 0. The zero-order valence-electron chi connectivity index (χ0n) is 12.2. The third-order valence-electron chi connectivity index (χ3n) is 3.79. The molecule has 1 aliphatic heterocycles. The van der Waals surface area contributed by atoms with Crippen LogP contribution in [-0.4, -0.2) is 37.2 Å². The maximum atomic E-state index is 12.3. The fourth-order valence-corrected chi connectivity index (χ4v) is 2.54. The number of oxazole rings is 1. The van der Waals surface area contributed by atoms with Crippen molar-refractivity contribution in [3.05, 3.63) is 24.1 Å². The molecule has 0 saturated carbocycles. The smallest absolute Gasteiger partial charge is 0.231 e. The molecule has 0 radical (unpaired) electrons. The number of likely N-dealkylation sites (N-methyl/N-ethyl adjacent to an activating group) is 1. The van der Waals surface area contributed by atoms with Gasteiger partial charge in [0.1, 0.15) is 5.52 Å². The van der Waals surface area contributed by atoms with E-state index in [1.54, 1.807) is 0 Å². The quantitative estimate of drug-likeness (QED) is 0.893. The molecule has 21 heavy (non-hydrogen) atoms. The van der Waals surface area contributed by atoms with Crippen LogP contribution in [0.5, 0.6) is 0 Å². The van der Waals surface area contributed by atoms with E-state index in [1.807, 2.05) is 32.2 Å². The summed E-state index contributed by atoms with van der Waals surface area (Å²) < 4.78 is 10.9. The highest BCUT2D eigenvalue weighted by molar-refractivity contribution is 5.95. The van der Waals surface area contributed by atoms with Gasteiger partial charge in [0, 0.05) is 18.2 Å². The van der Waals surface area contributed by atoms with E-state index < -0.39 is 0 Å². The summed E-state index contributed by atoms with van der Waals surface area (Å²) in [6, 6.07) is 5.56. The summed E-state index contributed by atoms with van der Waals surface area (Å²) in [7, 11) is 1.84. The normalized spacial score (nSPS) is 21.8. The van der Waals surface area contributed by atoms with Crippen molar-refractivity contribution in [2.45, 2.75) is 19.4 Å². The molecule has 0 bridgehead atoms. The number of rotatable bonds is 4. The van der Waals surface area contributed by atoms with E-state index in [4.69, 9.17) is 9.15 Å². The Hall–Kier alpha value is -1.92. The van der Waals surface area contributed by atoms with E-state index in [2.05, 4.69) is 15.6 Å². The van der Waals surface area contributed by atoms with Crippen molar-refractivity contribution in [1.29, 1.82) is 0 Å². The van der Waals surface area contributed by atoms with E-state index in [0.717, 1.165) is 23.2 Å². The molecule has 1 aliphatic rings. The van der Waals surface area contributed by atoms with Crippen molar-refractivity contribution in [2.24, 2.45) is 5.92 Å². The first kappa shape index (κ1) is 14.0. The van der Waals surface area contributed by atoms with Gasteiger partial charge in [-0.25, -0.2) is 4.98 Å². The van der Waals surface area contributed by atoms with Gasteiger partial charge in [0.05, 0.1) is 19.1 Å². The summed E-state index contributed by atoms with van der Waals surface area (Å²) in [4.78, 5) is 16.7. The molecule has 0 spiro atoms. The van der Waals surface area contributed by atoms with Crippen LogP contribution in [0.3, 0.4) is 0 Å². The Kier molecular flexibility index (Phi) is 3.90. The number of nitrogens with one attached hydrogen (secondary N) is 2. The molecule has 1 fully saturated rings. The first-order valence-electron chi connectivity index (χ1n) is 7.16. The molecule has 1 aromatic carbocycles. The van der Waals surface area contributed by atoms with Gasteiger partial charge in [0.2, 0.25) is 5.91 Å². The standard InChI is InChI=1S/C15H19N3O3/c1-3-14-18-11-6-9(4-5-13(11)21-14)17-15(19)10-7-20-8-12(10)16-2/h4-6,10,12,16H,3,7-8H2,1-2H3,(H,17,19). The van der Waals surface area contributed by atoms with Crippen LogP contribution in [0.25, 0.3) is 11.1 Å². The minimum absolute atomic E-state index is 0.0367. The SMILES string of the molecule is CCc1nc2cc(NC(=O)C3COCC3NC)ccc2o1. The fourth-order valence-electron chi connectivity index (χ4n) is 2.54. The van der Waals surface area contributed by atoms with Crippen molar-refractivity contribution in [3.8, 4) is 0 Å². The number of ether oxygens (including phenoxy) is 1. The van der Waals surface area contributed by atoms with Crippen LogP contribution in [0.1, 0.15) is 12.8 Å². The second kappa shape index (κ2) is 5.83. The van der Waals surface area contributed by atoms with E-state index in [0.29, 0.717) is 19.1 Å². The van der Waals surface area contributed by atoms with E-state index >= 15 is 0 Å². The second-order valence-electron chi connectivity index (χ2n) is 5.17. The predicted molar refractivity (Wildman–Crippen MR) is 79.2 cm³/mol. The molecule has 1 aromatic heterocycles. The van der Waals surface area contributed by atoms with Gasteiger partial charge in [0.15, 0.2) is 11.5 Å². The van der Waals surface area contributed by atoms with Gasteiger partial charge in [-0.3, -0.25) is 4.79 Å². The molecule has 112 valence electrons. The highest BCUT2D eigenvalue weighted by Gasteiger charge is 2.32. The maximum absolute atomic E-state index is 12.3. The number of aryl methyl sites for hydroxylation is 1. The molecule has 6 heteroatoms. The van der Waals surface area contributed by atoms with Gasteiger partial charge in [-0.2, -0.15) is 0 Å². The van der Waals surface area contributed by atoms with Crippen LogP contribution in [-0.2, 0) is 16.0 Å². The first-order chi connectivity index (χ1) is 10.2. The number of hydrogen-bond donors (Lipinski definition) is 2. The highest BCUT2D eigenvalue weighted by Crippen LogP contribution is 2.22. The molecular formula is C15H19N3O3. The molecule has 1 saturated heterocycles. The Morgan fingerprint density at radius 1 is 1.43 bits per heavy atom. The summed E-state index contributed by atoms with van der Waals surface area (Å²) in [5, 5.41) is 6.04. The number of aromatic nitrogens is 1. The zero-order valence-corrected chi connectivity index (χ0v) is 12.2. The summed E-state index contributed by atoms with van der Waals surface area (Å²) in [6.45, 7) is 3.01. The molecule has 2 atom stereocenters. The third kappa shape index (κ3) is 2.77. The summed E-state index contributed by atoms with van der Waals surface area (Å²) in [5.74, 6) is 0.493. The van der Waals surface area contributed by atoms with Crippen molar-refractivity contribution in [2.75, 3.05) is 25.6 Å². The molecule has 0 aliphatic carbocycles. The largest absolute Gasteiger partial charge is 0.441 e. The van der Waals surface area contributed by atoms with Gasteiger partial charge in [-0.1, -0.05) is 6.92 Å². The number of hydrogen-bond acceptors (Lipinski definition) is 5. The number of fused-ring (bicyclic) bond motifs is 1.